The van der Waals surface area contributed by atoms with Crippen molar-refractivity contribution in [1.29, 1.82) is 0 Å². The smallest absolute Gasteiger partial charge is 0.130 e. The third-order valence-electron chi connectivity index (χ3n) is 3.15. The molecule has 0 aliphatic carbocycles. The zero-order chi connectivity index (χ0) is 14.7. The van der Waals surface area contributed by atoms with Gasteiger partial charge in [0.2, 0.25) is 0 Å². The van der Waals surface area contributed by atoms with E-state index in [0.717, 1.165) is 27.7 Å². The predicted molar refractivity (Wildman–Crippen MR) is 90.2 cm³/mol. The number of nitrogens with zero attached hydrogens (tertiary/aromatic N) is 1. The lowest BCUT2D eigenvalue weighted by molar-refractivity contribution is 0.301. The summed E-state index contributed by atoms with van der Waals surface area (Å²) in [6.45, 7) is 0.439. The van der Waals surface area contributed by atoms with Crippen LogP contribution in [0.3, 0.4) is 0 Å². The van der Waals surface area contributed by atoms with Gasteiger partial charge in [0, 0.05) is 15.7 Å². The largest absolute Gasteiger partial charge is 0.487 e. The van der Waals surface area contributed by atoms with Crippen LogP contribution in [0.4, 0.5) is 0 Å². The molecule has 0 bridgehead atoms. The number of benzene rings is 2. The second-order valence-corrected chi connectivity index (χ2v) is 5.71. The molecule has 0 saturated carbocycles. The predicted octanol–water partition coefficient (Wildman–Crippen LogP) is 5.36. The van der Waals surface area contributed by atoms with E-state index in [2.05, 4.69) is 27.0 Å². The summed E-state index contributed by atoms with van der Waals surface area (Å²) in [5.74, 6) is 0.847. The molecule has 3 aromatic rings. The zero-order valence-corrected chi connectivity index (χ0v) is 13.6. The lowest BCUT2D eigenvalue weighted by atomic mass is 10.2. The Morgan fingerprint density at radius 3 is 2.76 bits per heavy atom. The average Bonchev–Trinajstić information content (AvgIpc) is 2.52. The fraction of sp³-hybridized carbons (Fsp3) is 0.118. The first-order chi connectivity index (χ1) is 10.2. The minimum absolute atomic E-state index is 0.439. The molecule has 3 rings (SSSR count). The van der Waals surface area contributed by atoms with Crippen molar-refractivity contribution in [2.45, 2.75) is 11.9 Å². The van der Waals surface area contributed by atoms with Gasteiger partial charge in [-0.1, -0.05) is 51.8 Å². The quantitative estimate of drug-likeness (QED) is 0.583. The van der Waals surface area contributed by atoms with E-state index >= 15 is 0 Å². The molecule has 4 heteroatoms. The fourth-order valence-corrected chi connectivity index (χ4v) is 2.60. The molecule has 2 nitrogen and oxygen atoms in total. The van der Waals surface area contributed by atoms with E-state index in [4.69, 9.17) is 16.3 Å². The number of aromatic nitrogens is 1. The second-order valence-electron chi connectivity index (χ2n) is 4.71. The Hall–Kier alpha value is -1.58. The van der Waals surface area contributed by atoms with E-state index in [-0.39, 0.29) is 0 Å². The maximum absolute atomic E-state index is 6.00. The summed E-state index contributed by atoms with van der Waals surface area (Å²) in [4.78, 5) is 4.57. The Labute approximate surface area is 136 Å². The first-order valence-corrected chi connectivity index (χ1v) is 8.07. The number of hydrogen-bond donors (Lipinski definition) is 0. The third kappa shape index (κ3) is 3.55. The number of alkyl halides is 1. The van der Waals surface area contributed by atoms with E-state index in [1.54, 1.807) is 0 Å². The van der Waals surface area contributed by atoms with E-state index in [1.165, 1.54) is 5.56 Å². The van der Waals surface area contributed by atoms with Crippen LogP contribution in [0.15, 0.2) is 54.6 Å². The molecule has 0 atom stereocenters. The summed E-state index contributed by atoms with van der Waals surface area (Å²) in [7, 11) is 0. The fourth-order valence-electron chi connectivity index (χ4n) is 2.09. The van der Waals surface area contributed by atoms with E-state index in [1.807, 2.05) is 48.5 Å². The molecular formula is C17H13BrClNO. The van der Waals surface area contributed by atoms with Gasteiger partial charge in [0.1, 0.15) is 12.4 Å². The minimum Gasteiger partial charge on any atom is -0.487 e. The molecule has 0 aliphatic heterocycles. The van der Waals surface area contributed by atoms with Crippen molar-refractivity contribution < 1.29 is 4.74 Å². The lowest BCUT2D eigenvalue weighted by Gasteiger charge is -2.08. The SMILES string of the molecule is Clc1ccc2ccc(COc3cccc(CBr)c3)nc2c1. The Morgan fingerprint density at radius 2 is 1.90 bits per heavy atom. The highest BCUT2D eigenvalue weighted by Gasteiger charge is 2.02. The van der Waals surface area contributed by atoms with Gasteiger partial charge >= 0.3 is 0 Å². The number of ether oxygens (including phenoxy) is 1. The van der Waals surface area contributed by atoms with Gasteiger partial charge in [-0.15, -0.1) is 0 Å². The van der Waals surface area contributed by atoms with Gasteiger partial charge < -0.3 is 4.74 Å². The maximum Gasteiger partial charge on any atom is 0.130 e. The number of halogens is 2. The first-order valence-electron chi connectivity index (χ1n) is 6.57. The highest BCUT2D eigenvalue weighted by molar-refractivity contribution is 9.08. The van der Waals surface area contributed by atoms with Crippen molar-refractivity contribution in [3.05, 3.63) is 70.9 Å². The molecule has 0 spiro atoms. The maximum atomic E-state index is 6.00. The molecule has 2 aromatic carbocycles. The van der Waals surface area contributed by atoms with Gasteiger partial charge in [-0.05, 0) is 35.9 Å². The third-order valence-corrected chi connectivity index (χ3v) is 4.03. The highest BCUT2D eigenvalue weighted by Crippen LogP contribution is 2.20. The molecule has 1 heterocycles. The Kier molecular flexibility index (Phi) is 4.42. The molecular weight excluding hydrogens is 350 g/mol. The molecule has 1 aromatic heterocycles. The van der Waals surface area contributed by atoms with Crippen molar-refractivity contribution in [2.24, 2.45) is 0 Å². The van der Waals surface area contributed by atoms with Crippen LogP contribution in [0, 0.1) is 0 Å². The molecule has 0 fully saturated rings. The monoisotopic (exact) mass is 361 g/mol. The number of hydrogen-bond acceptors (Lipinski definition) is 2. The van der Waals surface area contributed by atoms with Gasteiger partial charge in [0.25, 0.3) is 0 Å². The van der Waals surface area contributed by atoms with Crippen molar-refractivity contribution in [2.75, 3.05) is 0 Å². The summed E-state index contributed by atoms with van der Waals surface area (Å²) in [5.41, 5.74) is 2.96. The van der Waals surface area contributed by atoms with Crippen LogP contribution in [-0.2, 0) is 11.9 Å². The van der Waals surface area contributed by atoms with Crippen LogP contribution in [0.1, 0.15) is 11.3 Å². The Morgan fingerprint density at radius 1 is 1.05 bits per heavy atom. The molecule has 0 N–H and O–H groups in total. The lowest BCUT2D eigenvalue weighted by Crippen LogP contribution is -1.98. The van der Waals surface area contributed by atoms with E-state index < -0.39 is 0 Å². The molecule has 21 heavy (non-hydrogen) atoms. The molecule has 0 aliphatic rings. The van der Waals surface area contributed by atoms with Crippen LogP contribution in [0.5, 0.6) is 5.75 Å². The van der Waals surface area contributed by atoms with Crippen LogP contribution in [0.25, 0.3) is 10.9 Å². The van der Waals surface area contributed by atoms with Crippen LogP contribution >= 0.6 is 27.5 Å². The number of pyridine rings is 1. The van der Waals surface area contributed by atoms with Crippen LogP contribution in [0.2, 0.25) is 5.02 Å². The summed E-state index contributed by atoms with van der Waals surface area (Å²) >= 11 is 9.44. The van der Waals surface area contributed by atoms with Gasteiger partial charge in [-0.3, -0.25) is 0 Å². The van der Waals surface area contributed by atoms with Gasteiger partial charge in [-0.2, -0.15) is 0 Å². The molecule has 0 saturated heterocycles. The summed E-state index contributed by atoms with van der Waals surface area (Å²) in [6.07, 6.45) is 0. The van der Waals surface area contributed by atoms with Crippen molar-refractivity contribution in [3.63, 3.8) is 0 Å². The molecule has 106 valence electrons. The van der Waals surface area contributed by atoms with Gasteiger partial charge in [-0.25, -0.2) is 4.98 Å². The van der Waals surface area contributed by atoms with Crippen molar-refractivity contribution in [1.82, 2.24) is 4.98 Å². The van der Waals surface area contributed by atoms with Crippen LogP contribution < -0.4 is 4.74 Å². The topological polar surface area (TPSA) is 22.1 Å². The van der Waals surface area contributed by atoms with Crippen LogP contribution in [-0.4, -0.2) is 4.98 Å². The normalized spacial score (nSPS) is 10.8. The summed E-state index contributed by atoms with van der Waals surface area (Å²) < 4.78 is 5.80. The highest BCUT2D eigenvalue weighted by atomic mass is 79.9. The standard InChI is InChI=1S/C17H13BrClNO/c18-10-12-2-1-3-16(8-12)21-11-15-7-5-13-4-6-14(19)9-17(13)20-15/h1-9H,10-11H2. The molecule has 0 radical (unpaired) electrons. The number of fused-ring (bicyclic) bond motifs is 1. The number of rotatable bonds is 4. The Bertz CT molecular complexity index is 776. The van der Waals surface area contributed by atoms with E-state index in [9.17, 15) is 0 Å². The first kappa shape index (κ1) is 14.4. The summed E-state index contributed by atoms with van der Waals surface area (Å²) in [6, 6.07) is 17.7. The summed E-state index contributed by atoms with van der Waals surface area (Å²) in [5, 5.41) is 2.58. The average molecular weight is 363 g/mol. The van der Waals surface area contributed by atoms with E-state index in [0.29, 0.717) is 11.6 Å². The Balaban J connectivity index is 1.78. The second kappa shape index (κ2) is 6.46. The van der Waals surface area contributed by atoms with Crippen molar-refractivity contribution in [3.8, 4) is 5.75 Å². The van der Waals surface area contributed by atoms with Gasteiger partial charge in [0.15, 0.2) is 0 Å². The molecule has 0 amide bonds. The minimum atomic E-state index is 0.439. The van der Waals surface area contributed by atoms with Gasteiger partial charge in [0.05, 0.1) is 11.2 Å². The molecule has 0 unspecified atom stereocenters. The van der Waals surface area contributed by atoms with Crippen molar-refractivity contribution >= 4 is 38.4 Å². The zero-order valence-electron chi connectivity index (χ0n) is 11.2.